The summed E-state index contributed by atoms with van der Waals surface area (Å²) >= 11 is 6.48. The van der Waals surface area contributed by atoms with Gasteiger partial charge in [-0.25, -0.2) is 4.98 Å². The highest BCUT2D eigenvalue weighted by Crippen LogP contribution is 2.39. The van der Waals surface area contributed by atoms with Crippen molar-refractivity contribution in [3.63, 3.8) is 0 Å². The predicted octanol–water partition coefficient (Wildman–Crippen LogP) is 6.36. The van der Waals surface area contributed by atoms with Gasteiger partial charge in [-0.05, 0) is 87.4 Å². The molecule has 3 aromatic carbocycles. The first-order valence-corrected chi connectivity index (χ1v) is 25.3. The Hall–Kier alpha value is -5.94. The van der Waals surface area contributed by atoms with E-state index >= 15 is 0 Å². The van der Waals surface area contributed by atoms with Crippen LogP contribution in [-0.4, -0.2) is 120 Å². The van der Waals surface area contributed by atoms with Crippen LogP contribution in [0.2, 0.25) is 5.02 Å². The average Bonchev–Trinajstić information content (AvgIpc) is 3.64. The number of rotatable bonds is 13. The molecule has 65 heavy (non-hydrogen) atoms. The number of imide groups is 1. The van der Waals surface area contributed by atoms with Crippen molar-refractivity contribution in [2.75, 3.05) is 75.2 Å². The summed E-state index contributed by atoms with van der Waals surface area (Å²) in [5, 5.41) is 9.90. The number of piperidine rings is 2. The number of amides is 4. The smallest absolute Gasteiger partial charge is 0.255 e. The van der Waals surface area contributed by atoms with Crippen LogP contribution in [0.5, 0.6) is 5.75 Å². The Morgan fingerprint density at radius 2 is 1.72 bits per heavy atom. The van der Waals surface area contributed by atoms with Gasteiger partial charge in [-0.15, -0.1) is 0 Å². The number of unbranched alkanes of at least 4 members (excludes halogenated alkanes) is 2. The van der Waals surface area contributed by atoms with Gasteiger partial charge in [0, 0.05) is 99.3 Å². The van der Waals surface area contributed by atoms with E-state index in [4.69, 9.17) is 16.3 Å². The average molecular weight is 920 g/mol. The van der Waals surface area contributed by atoms with Crippen molar-refractivity contribution in [3.8, 4) is 17.6 Å². The maximum absolute atomic E-state index is 13.2. The van der Waals surface area contributed by atoms with Gasteiger partial charge in [0.25, 0.3) is 5.91 Å². The first-order valence-electron chi connectivity index (χ1n) is 22.3. The summed E-state index contributed by atoms with van der Waals surface area (Å²) in [6, 6.07) is 18.8. The van der Waals surface area contributed by atoms with Gasteiger partial charge >= 0.3 is 0 Å². The maximum Gasteiger partial charge on any atom is 0.255 e. The summed E-state index contributed by atoms with van der Waals surface area (Å²) in [5.74, 6) is 7.09. The molecule has 17 heteroatoms. The monoisotopic (exact) mass is 919 g/mol. The maximum atomic E-state index is 13.2. The summed E-state index contributed by atoms with van der Waals surface area (Å²) in [4.78, 5) is 67.8. The molecule has 1 aromatic heterocycles. The largest absolute Gasteiger partial charge is 0.494 e. The molecule has 0 saturated carbocycles. The van der Waals surface area contributed by atoms with Gasteiger partial charge < -0.3 is 34.6 Å². The van der Waals surface area contributed by atoms with Crippen LogP contribution in [0.15, 0.2) is 66.9 Å². The second-order valence-electron chi connectivity index (χ2n) is 17.3. The standard InChI is InChI=1S/C48H55ClN9O6P/c1-64-41-29-34(17-18-38(41)52-48-50-30-37(49)45(54-48)51-39-14-8-9-15-42(39)65(2,3)63)55-23-21-33(22-24-55)56-25-27-57(28-26-56)44(60)16-7-5-4-6-11-32-12-10-13-35-36(32)31-58(47(35)62)40-19-20-43(59)53-46(40)61/h8-10,12-15,17-18,29-30,33,40H,4-5,7,16,19-28,31H2,1-3H3,(H,53,59,61)(H2,50,51,52,54). The third-order valence-corrected chi connectivity index (χ3v) is 14.5. The summed E-state index contributed by atoms with van der Waals surface area (Å²) in [6.07, 6.45) is 6.81. The van der Waals surface area contributed by atoms with Gasteiger partial charge in [0.15, 0.2) is 5.82 Å². The van der Waals surface area contributed by atoms with Crippen molar-refractivity contribution in [2.45, 2.75) is 70.0 Å². The zero-order valence-corrected chi connectivity index (χ0v) is 38.7. The lowest BCUT2D eigenvalue weighted by molar-refractivity contribution is -0.137. The quantitative estimate of drug-likeness (QED) is 0.0589. The molecule has 0 bridgehead atoms. The number of anilines is 5. The third-order valence-electron chi connectivity index (χ3n) is 12.7. The molecule has 4 aromatic rings. The number of ether oxygens (including phenoxy) is 1. The minimum atomic E-state index is -2.56. The molecule has 0 radical (unpaired) electrons. The number of piperazine rings is 1. The number of nitrogens with zero attached hydrogens (tertiary/aromatic N) is 6. The lowest BCUT2D eigenvalue weighted by Crippen LogP contribution is -2.54. The predicted molar refractivity (Wildman–Crippen MR) is 253 cm³/mol. The zero-order valence-electron chi connectivity index (χ0n) is 37.1. The molecule has 340 valence electrons. The molecule has 3 saturated heterocycles. The van der Waals surface area contributed by atoms with Crippen molar-refractivity contribution >= 4 is 76.5 Å². The van der Waals surface area contributed by atoms with Gasteiger partial charge in [-0.1, -0.05) is 41.6 Å². The zero-order chi connectivity index (χ0) is 45.7. The van der Waals surface area contributed by atoms with Gasteiger partial charge in [-0.3, -0.25) is 29.4 Å². The SMILES string of the molecule is COc1cc(N2CCC(N3CCN(C(=O)CCCCC#Cc4cccc5c4CN(C4CCC(=O)NC4=O)C5=O)CC3)CC2)ccc1Nc1ncc(Cl)c(Nc2ccccc2P(C)(C)=O)n1. The number of halogens is 1. The van der Waals surface area contributed by atoms with E-state index in [1.54, 1.807) is 31.4 Å². The van der Waals surface area contributed by atoms with Gasteiger partial charge in [0.05, 0.1) is 24.7 Å². The number of aromatic nitrogens is 2. The van der Waals surface area contributed by atoms with Crippen LogP contribution in [0, 0.1) is 11.8 Å². The number of methoxy groups -OCH3 is 1. The number of hydrogen-bond acceptors (Lipinski definition) is 12. The Labute approximate surface area is 385 Å². The number of benzene rings is 3. The van der Waals surface area contributed by atoms with Crippen LogP contribution in [0.1, 0.15) is 72.9 Å². The highest BCUT2D eigenvalue weighted by Gasteiger charge is 2.40. The number of carbonyl (C=O) groups is 4. The number of fused-ring (bicyclic) bond motifs is 1. The molecular formula is C48H55ClN9O6P. The van der Waals surface area contributed by atoms with E-state index in [1.165, 1.54) is 6.20 Å². The molecule has 0 aliphatic carbocycles. The van der Waals surface area contributed by atoms with Gasteiger partial charge in [0.2, 0.25) is 23.7 Å². The lowest BCUT2D eigenvalue weighted by Gasteiger charge is -2.43. The first-order chi connectivity index (χ1) is 31.4. The van der Waals surface area contributed by atoms with E-state index in [2.05, 4.69) is 53.6 Å². The fourth-order valence-corrected chi connectivity index (χ4v) is 10.4. The Bertz CT molecular complexity index is 2580. The Morgan fingerprint density at radius 1 is 0.938 bits per heavy atom. The number of hydrogen-bond donors (Lipinski definition) is 3. The summed E-state index contributed by atoms with van der Waals surface area (Å²) in [6.45, 7) is 8.78. The second kappa shape index (κ2) is 20.1. The Balaban J connectivity index is 0.761. The molecule has 3 N–H and O–H groups in total. The Morgan fingerprint density at radius 3 is 2.48 bits per heavy atom. The second-order valence-corrected chi connectivity index (χ2v) is 20.9. The van der Waals surface area contributed by atoms with E-state index < -0.39 is 19.1 Å². The normalized spacial score (nSPS) is 18.2. The molecule has 1 unspecified atom stereocenters. The van der Waals surface area contributed by atoms with Crippen molar-refractivity contribution in [1.82, 2.24) is 30.0 Å². The molecule has 8 rings (SSSR count). The van der Waals surface area contributed by atoms with E-state index in [0.717, 1.165) is 81.8 Å². The Kier molecular flexibility index (Phi) is 14.1. The van der Waals surface area contributed by atoms with E-state index in [9.17, 15) is 23.7 Å². The lowest BCUT2D eigenvalue weighted by atomic mass is 10.0. The fourth-order valence-electron chi connectivity index (χ4n) is 9.13. The van der Waals surface area contributed by atoms with Crippen LogP contribution in [0.4, 0.5) is 28.8 Å². The van der Waals surface area contributed by atoms with E-state index in [0.29, 0.717) is 76.6 Å². The highest BCUT2D eigenvalue weighted by molar-refractivity contribution is 7.70. The number of nitrogens with one attached hydrogen (secondary N) is 3. The highest BCUT2D eigenvalue weighted by atomic mass is 35.5. The van der Waals surface area contributed by atoms with Crippen molar-refractivity contribution < 1.29 is 28.5 Å². The third kappa shape index (κ3) is 10.6. The molecule has 4 aliphatic heterocycles. The minimum Gasteiger partial charge on any atom is -0.494 e. The summed E-state index contributed by atoms with van der Waals surface area (Å²) in [7, 11) is -0.916. The number of carbonyl (C=O) groups excluding carboxylic acids is 4. The molecule has 4 aliphatic rings. The molecule has 15 nitrogen and oxygen atoms in total. The molecule has 4 amide bonds. The minimum absolute atomic E-state index is 0.193. The van der Waals surface area contributed by atoms with Crippen LogP contribution in [0.3, 0.4) is 0 Å². The van der Waals surface area contributed by atoms with Crippen LogP contribution in [0.25, 0.3) is 0 Å². The molecule has 0 spiro atoms. The van der Waals surface area contributed by atoms with Crippen LogP contribution < -0.4 is 30.9 Å². The topological polar surface area (TPSA) is 169 Å². The molecule has 3 fully saturated rings. The molecular weight excluding hydrogens is 865 g/mol. The van der Waals surface area contributed by atoms with Crippen molar-refractivity contribution in [2.24, 2.45) is 0 Å². The molecule has 1 atom stereocenters. The molecule has 5 heterocycles. The van der Waals surface area contributed by atoms with Crippen LogP contribution >= 0.6 is 18.7 Å². The van der Waals surface area contributed by atoms with E-state index in [-0.39, 0.29) is 24.1 Å². The summed E-state index contributed by atoms with van der Waals surface area (Å²) in [5.41, 5.74) is 4.60. The van der Waals surface area contributed by atoms with Crippen LogP contribution in [-0.2, 0) is 25.5 Å². The first kappa shape index (κ1) is 45.6. The van der Waals surface area contributed by atoms with Crippen molar-refractivity contribution in [1.29, 1.82) is 0 Å². The summed E-state index contributed by atoms with van der Waals surface area (Å²) < 4.78 is 18.7. The van der Waals surface area contributed by atoms with Gasteiger partial charge in [-0.2, -0.15) is 4.98 Å². The van der Waals surface area contributed by atoms with E-state index in [1.807, 2.05) is 53.4 Å². The van der Waals surface area contributed by atoms with Crippen molar-refractivity contribution in [3.05, 3.63) is 88.6 Å². The van der Waals surface area contributed by atoms with Gasteiger partial charge in [0.1, 0.15) is 24.0 Å². The number of para-hydroxylation sites is 1. The fraction of sp³-hybridized carbons (Fsp3) is 0.417.